The lowest BCUT2D eigenvalue weighted by Crippen LogP contribution is -2.37. The van der Waals surface area contributed by atoms with Gasteiger partial charge in [-0.25, -0.2) is 0 Å². The van der Waals surface area contributed by atoms with E-state index >= 15 is 0 Å². The van der Waals surface area contributed by atoms with E-state index in [1.54, 1.807) is 0 Å². The van der Waals surface area contributed by atoms with Crippen molar-refractivity contribution in [3.8, 4) is 17.5 Å². The van der Waals surface area contributed by atoms with Gasteiger partial charge in [-0.2, -0.15) is 10.1 Å². The standard InChI is InChI=1S/C22H23N7O/c23-15-18-7-9-19(10-8-18)16-27-11-4-12-28(14-13-27)21(30)17-29-25-22(24-26-29)20-5-2-1-3-6-20/h1-3,5-10H,4,11-14,16-17H2. The lowest BCUT2D eigenvalue weighted by molar-refractivity contribution is -0.132. The third-order valence-corrected chi connectivity index (χ3v) is 5.19. The van der Waals surface area contributed by atoms with Crippen LogP contribution in [0.25, 0.3) is 11.4 Å². The fraction of sp³-hybridized carbons (Fsp3) is 0.318. The Bertz CT molecular complexity index is 1020. The summed E-state index contributed by atoms with van der Waals surface area (Å²) in [5.41, 5.74) is 2.72. The fourth-order valence-corrected chi connectivity index (χ4v) is 3.56. The number of carbonyl (C=O) groups is 1. The SMILES string of the molecule is N#Cc1ccc(CN2CCCN(C(=O)Cn3nnc(-c4ccccc4)n3)CC2)cc1. The molecule has 0 spiro atoms. The molecule has 1 saturated heterocycles. The zero-order valence-corrected chi connectivity index (χ0v) is 16.7. The Balaban J connectivity index is 1.31. The van der Waals surface area contributed by atoms with Crippen LogP contribution in [0.4, 0.5) is 0 Å². The normalized spacial score (nSPS) is 14.8. The van der Waals surface area contributed by atoms with Gasteiger partial charge in [-0.15, -0.1) is 10.2 Å². The first-order valence-electron chi connectivity index (χ1n) is 10.0. The molecule has 1 aliphatic heterocycles. The molecule has 1 aromatic heterocycles. The summed E-state index contributed by atoms with van der Waals surface area (Å²) in [6, 6.07) is 19.4. The molecular weight excluding hydrogens is 378 g/mol. The van der Waals surface area contributed by atoms with Crippen LogP contribution in [0.2, 0.25) is 0 Å². The van der Waals surface area contributed by atoms with Crippen LogP contribution in [-0.4, -0.2) is 62.1 Å². The zero-order valence-electron chi connectivity index (χ0n) is 16.7. The Labute approximate surface area is 175 Å². The molecule has 30 heavy (non-hydrogen) atoms. The number of carbonyl (C=O) groups excluding carboxylic acids is 1. The molecule has 152 valence electrons. The van der Waals surface area contributed by atoms with Crippen molar-refractivity contribution >= 4 is 5.91 Å². The van der Waals surface area contributed by atoms with E-state index in [0.29, 0.717) is 17.9 Å². The van der Waals surface area contributed by atoms with Gasteiger partial charge in [-0.1, -0.05) is 42.5 Å². The van der Waals surface area contributed by atoms with Crippen molar-refractivity contribution in [3.05, 3.63) is 65.7 Å². The van der Waals surface area contributed by atoms with Crippen molar-refractivity contribution in [3.63, 3.8) is 0 Å². The summed E-state index contributed by atoms with van der Waals surface area (Å²) >= 11 is 0. The maximum atomic E-state index is 12.7. The van der Waals surface area contributed by atoms with Crippen LogP contribution in [0.1, 0.15) is 17.5 Å². The molecule has 0 N–H and O–H groups in total. The number of nitriles is 1. The molecule has 0 saturated carbocycles. The van der Waals surface area contributed by atoms with Crippen molar-refractivity contribution < 1.29 is 4.79 Å². The summed E-state index contributed by atoms with van der Waals surface area (Å²) in [7, 11) is 0. The van der Waals surface area contributed by atoms with Gasteiger partial charge in [0.1, 0.15) is 6.54 Å². The van der Waals surface area contributed by atoms with E-state index in [1.165, 1.54) is 10.4 Å². The number of tetrazole rings is 1. The fourth-order valence-electron chi connectivity index (χ4n) is 3.56. The Morgan fingerprint density at radius 2 is 1.80 bits per heavy atom. The first kappa shape index (κ1) is 19.7. The summed E-state index contributed by atoms with van der Waals surface area (Å²) in [6.45, 7) is 4.06. The minimum atomic E-state index is 0.00670. The summed E-state index contributed by atoms with van der Waals surface area (Å²) < 4.78 is 0. The van der Waals surface area contributed by atoms with E-state index in [0.717, 1.165) is 38.2 Å². The average Bonchev–Trinajstić information content (AvgIpc) is 3.12. The minimum Gasteiger partial charge on any atom is -0.340 e. The van der Waals surface area contributed by atoms with Crippen LogP contribution in [-0.2, 0) is 17.9 Å². The third-order valence-electron chi connectivity index (χ3n) is 5.19. The lowest BCUT2D eigenvalue weighted by atomic mass is 10.1. The molecule has 2 heterocycles. The molecule has 1 fully saturated rings. The van der Waals surface area contributed by atoms with Crippen LogP contribution in [0.15, 0.2) is 54.6 Å². The van der Waals surface area contributed by atoms with Crippen LogP contribution in [0, 0.1) is 11.3 Å². The first-order valence-corrected chi connectivity index (χ1v) is 10.0. The maximum absolute atomic E-state index is 12.7. The Hall–Kier alpha value is -3.57. The second-order valence-electron chi connectivity index (χ2n) is 7.33. The van der Waals surface area contributed by atoms with Crippen molar-refractivity contribution in [2.24, 2.45) is 0 Å². The number of amides is 1. The molecule has 0 aliphatic carbocycles. The quantitative estimate of drug-likeness (QED) is 0.649. The van der Waals surface area contributed by atoms with E-state index in [-0.39, 0.29) is 12.5 Å². The molecule has 4 rings (SSSR count). The van der Waals surface area contributed by atoms with Crippen molar-refractivity contribution in [1.29, 1.82) is 5.26 Å². The molecule has 1 amide bonds. The summed E-state index contributed by atoms with van der Waals surface area (Å²) in [5, 5.41) is 21.3. The molecule has 1 aliphatic rings. The van der Waals surface area contributed by atoms with Crippen LogP contribution in [0.3, 0.4) is 0 Å². The topological polar surface area (TPSA) is 90.9 Å². The highest BCUT2D eigenvalue weighted by atomic mass is 16.2. The molecule has 8 nitrogen and oxygen atoms in total. The van der Waals surface area contributed by atoms with Gasteiger partial charge in [0.15, 0.2) is 0 Å². The number of hydrogen-bond acceptors (Lipinski definition) is 6. The van der Waals surface area contributed by atoms with Gasteiger partial charge in [0.2, 0.25) is 11.7 Å². The second kappa shape index (κ2) is 9.29. The van der Waals surface area contributed by atoms with Gasteiger partial charge in [0, 0.05) is 38.3 Å². The number of hydrogen-bond donors (Lipinski definition) is 0. The van der Waals surface area contributed by atoms with Crippen molar-refractivity contribution in [2.75, 3.05) is 26.2 Å². The van der Waals surface area contributed by atoms with Gasteiger partial charge in [-0.3, -0.25) is 9.69 Å². The number of benzene rings is 2. The molecule has 0 atom stereocenters. The number of aromatic nitrogens is 4. The monoisotopic (exact) mass is 401 g/mol. The van der Waals surface area contributed by atoms with Gasteiger partial charge in [0.05, 0.1) is 11.6 Å². The van der Waals surface area contributed by atoms with E-state index in [2.05, 4.69) is 26.4 Å². The van der Waals surface area contributed by atoms with E-state index in [1.807, 2.05) is 59.5 Å². The van der Waals surface area contributed by atoms with Crippen molar-refractivity contribution in [2.45, 2.75) is 19.5 Å². The van der Waals surface area contributed by atoms with Crippen LogP contribution < -0.4 is 0 Å². The maximum Gasteiger partial charge on any atom is 0.246 e. The molecule has 2 aromatic carbocycles. The minimum absolute atomic E-state index is 0.00670. The highest BCUT2D eigenvalue weighted by Gasteiger charge is 2.20. The summed E-state index contributed by atoms with van der Waals surface area (Å²) in [6.07, 6.45) is 0.919. The largest absolute Gasteiger partial charge is 0.340 e. The summed E-state index contributed by atoms with van der Waals surface area (Å²) in [5.74, 6) is 0.528. The lowest BCUT2D eigenvalue weighted by Gasteiger charge is -2.22. The molecule has 0 radical (unpaired) electrons. The summed E-state index contributed by atoms with van der Waals surface area (Å²) in [4.78, 5) is 18.3. The van der Waals surface area contributed by atoms with Gasteiger partial charge in [0.25, 0.3) is 0 Å². The zero-order chi connectivity index (χ0) is 20.8. The van der Waals surface area contributed by atoms with E-state index in [9.17, 15) is 4.79 Å². The van der Waals surface area contributed by atoms with Crippen LogP contribution >= 0.6 is 0 Å². The van der Waals surface area contributed by atoms with Crippen LogP contribution in [0.5, 0.6) is 0 Å². The molecular formula is C22H23N7O. The molecule has 0 bridgehead atoms. The van der Waals surface area contributed by atoms with E-state index in [4.69, 9.17) is 5.26 Å². The molecule has 8 heteroatoms. The van der Waals surface area contributed by atoms with Gasteiger partial charge >= 0.3 is 0 Å². The molecule has 0 unspecified atom stereocenters. The molecule has 3 aromatic rings. The second-order valence-corrected chi connectivity index (χ2v) is 7.33. The highest BCUT2D eigenvalue weighted by molar-refractivity contribution is 5.75. The number of nitrogens with zero attached hydrogens (tertiary/aromatic N) is 7. The Morgan fingerprint density at radius 1 is 1.00 bits per heavy atom. The predicted octanol–water partition coefficient (Wildman–Crippen LogP) is 1.95. The smallest absolute Gasteiger partial charge is 0.246 e. The van der Waals surface area contributed by atoms with Gasteiger partial charge < -0.3 is 4.90 Å². The average molecular weight is 401 g/mol. The predicted molar refractivity (Wildman–Crippen MR) is 111 cm³/mol. The van der Waals surface area contributed by atoms with E-state index < -0.39 is 0 Å². The highest BCUT2D eigenvalue weighted by Crippen LogP contribution is 2.13. The third kappa shape index (κ3) is 4.88. The van der Waals surface area contributed by atoms with Gasteiger partial charge in [-0.05, 0) is 29.3 Å². The number of rotatable bonds is 5. The Kier molecular flexibility index (Phi) is 6.11. The van der Waals surface area contributed by atoms with Crippen molar-refractivity contribution in [1.82, 2.24) is 30.0 Å². The first-order chi connectivity index (χ1) is 14.7. The Morgan fingerprint density at radius 3 is 2.57 bits per heavy atom.